The number of aryl methyl sites for hydroxylation is 1. The fourth-order valence-electron chi connectivity index (χ4n) is 1.72. The maximum absolute atomic E-state index is 2.31. The van der Waals surface area contributed by atoms with Gasteiger partial charge in [0.05, 0.1) is 0 Å². The lowest BCUT2D eigenvalue weighted by molar-refractivity contribution is 0.971. The Morgan fingerprint density at radius 3 is 2.64 bits per heavy atom. The predicted molar refractivity (Wildman–Crippen MR) is 64.4 cm³/mol. The third-order valence-electron chi connectivity index (χ3n) is 2.57. The van der Waals surface area contributed by atoms with Crippen molar-refractivity contribution in [3.63, 3.8) is 0 Å². The molecule has 0 saturated heterocycles. The fraction of sp³-hybridized carbons (Fsp3) is 0.429. The van der Waals surface area contributed by atoms with E-state index in [1.54, 1.807) is 0 Å². The number of benzene rings is 1. The van der Waals surface area contributed by atoms with Crippen molar-refractivity contribution in [2.24, 2.45) is 0 Å². The van der Waals surface area contributed by atoms with Crippen LogP contribution < -0.4 is 0 Å². The van der Waals surface area contributed by atoms with E-state index in [-0.39, 0.29) is 0 Å². The lowest BCUT2D eigenvalue weighted by atomic mass is 9.99. The van der Waals surface area contributed by atoms with Crippen LogP contribution in [0.4, 0.5) is 0 Å². The van der Waals surface area contributed by atoms with Gasteiger partial charge in [-0.25, -0.2) is 0 Å². The van der Waals surface area contributed by atoms with E-state index in [0.717, 1.165) is 6.42 Å². The van der Waals surface area contributed by atoms with Crippen LogP contribution in [0.1, 0.15) is 44.7 Å². The summed E-state index contributed by atoms with van der Waals surface area (Å²) in [5.41, 5.74) is 4.30. The lowest BCUT2D eigenvalue weighted by Crippen LogP contribution is -1.87. The minimum absolute atomic E-state index is 1.12. The van der Waals surface area contributed by atoms with Gasteiger partial charge in [-0.15, -0.1) is 0 Å². The van der Waals surface area contributed by atoms with Gasteiger partial charge >= 0.3 is 0 Å². The predicted octanol–water partition coefficient (Wildman–Crippen LogP) is 4.45. The van der Waals surface area contributed by atoms with Gasteiger partial charge in [0.1, 0.15) is 0 Å². The van der Waals surface area contributed by atoms with Crippen LogP contribution >= 0.6 is 0 Å². The zero-order valence-electron chi connectivity index (χ0n) is 9.51. The highest BCUT2D eigenvalue weighted by Crippen LogP contribution is 2.20. The maximum Gasteiger partial charge on any atom is -0.0225 e. The van der Waals surface area contributed by atoms with E-state index in [0.29, 0.717) is 0 Å². The van der Waals surface area contributed by atoms with Gasteiger partial charge in [-0.2, -0.15) is 0 Å². The SMILES string of the molecule is C/C=C(/CCC)c1cccc(CC)c1. The summed E-state index contributed by atoms with van der Waals surface area (Å²) in [5.74, 6) is 0. The van der Waals surface area contributed by atoms with E-state index in [4.69, 9.17) is 0 Å². The largest absolute Gasteiger partial charge is 0.0838 e. The first-order valence-corrected chi connectivity index (χ1v) is 5.56. The van der Waals surface area contributed by atoms with Crippen LogP contribution in [0, 0.1) is 0 Å². The first-order valence-electron chi connectivity index (χ1n) is 5.56. The molecular weight excluding hydrogens is 168 g/mol. The summed E-state index contributed by atoms with van der Waals surface area (Å²) >= 11 is 0. The van der Waals surface area contributed by atoms with E-state index in [1.165, 1.54) is 29.5 Å². The normalized spacial score (nSPS) is 11.8. The van der Waals surface area contributed by atoms with E-state index in [1.807, 2.05) is 0 Å². The molecule has 0 bridgehead atoms. The quantitative estimate of drug-likeness (QED) is 0.654. The number of allylic oxidation sites excluding steroid dienone is 2. The Kier molecular flexibility index (Phi) is 4.45. The van der Waals surface area contributed by atoms with Crippen LogP contribution in [0.2, 0.25) is 0 Å². The Morgan fingerprint density at radius 1 is 1.29 bits per heavy atom. The second-order valence-corrected chi connectivity index (χ2v) is 3.62. The van der Waals surface area contributed by atoms with E-state index >= 15 is 0 Å². The van der Waals surface area contributed by atoms with Crippen molar-refractivity contribution < 1.29 is 0 Å². The molecule has 0 N–H and O–H groups in total. The zero-order chi connectivity index (χ0) is 10.4. The Hall–Kier alpha value is -1.04. The van der Waals surface area contributed by atoms with E-state index in [2.05, 4.69) is 51.1 Å². The number of hydrogen-bond donors (Lipinski definition) is 0. The summed E-state index contributed by atoms with van der Waals surface area (Å²) < 4.78 is 0. The van der Waals surface area contributed by atoms with Crippen molar-refractivity contribution in [2.75, 3.05) is 0 Å². The van der Waals surface area contributed by atoms with Gasteiger partial charge in [0.2, 0.25) is 0 Å². The Balaban J connectivity index is 2.93. The van der Waals surface area contributed by atoms with Crippen LogP contribution in [0.5, 0.6) is 0 Å². The summed E-state index contributed by atoms with van der Waals surface area (Å²) in [5, 5.41) is 0. The average molecular weight is 188 g/mol. The Bertz CT molecular complexity index is 308. The zero-order valence-corrected chi connectivity index (χ0v) is 9.51. The molecule has 0 amide bonds. The molecule has 1 aromatic carbocycles. The van der Waals surface area contributed by atoms with Crippen LogP contribution in [-0.2, 0) is 6.42 Å². The van der Waals surface area contributed by atoms with Gasteiger partial charge in [-0.05, 0) is 36.5 Å². The molecular formula is C14H20. The third kappa shape index (κ3) is 2.73. The monoisotopic (exact) mass is 188 g/mol. The molecule has 76 valence electrons. The molecule has 0 unspecified atom stereocenters. The van der Waals surface area contributed by atoms with Crippen LogP contribution in [0.3, 0.4) is 0 Å². The molecule has 0 fully saturated rings. The molecule has 0 saturated carbocycles. The van der Waals surface area contributed by atoms with Crippen molar-refractivity contribution in [3.05, 3.63) is 41.5 Å². The standard InChI is InChI=1S/C14H20/c1-4-8-13(6-3)14-10-7-9-12(5-2)11-14/h6-7,9-11H,4-5,8H2,1-3H3/b13-6-. The molecule has 1 aromatic rings. The summed E-state index contributed by atoms with van der Waals surface area (Å²) in [7, 11) is 0. The first-order chi connectivity index (χ1) is 6.81. The van der Waals surface area contributed by atoms with Crippen LogP contribution in [0.25, 0.3) is 5.57 Å². The van der Waals surface area contributed by atoms with Crippen molar-refractivity contribution >= 4 is 5.57 Å². The molecule has 1 rings (SSSR count). The highest BCUT2D eigenvalue weighted by molar-refractivity contribution is 5.65. The van der Waals surface area contributed by atoms with E-state index in [9.17, 15) is 0 Å². The Morgan fingerprint density at radius 2 is 2.07 bits per heavy atom. The molecule has 0 radical (unpaired) electrons. The summed E-state index contributed by atoms with van der Waals surface area (Å²) in [6.07, 6.45) is 5.76. The molecule has 0 atom stereocenters. The smallest absolute Gasteiger partial charge is 0.0225 e. The summed E-state index contributed by atoms with van der Waals surface area (Å²) in [6, 6.07) is 8.88. The van der Waals surface area contributed by atoms with Crippen LogP contribution in [0.15, 0.2) is 30.3 Å². The number of rotatable bonds is 4. The van der Waals surface area contributed by atoms with Crippen molar-refractivity contribution in [1.82, 2.24) is 0 Å². The molecule has 0 heteroatoms. The lowest BCUT2D eigenvalue weighted by Gasteiger charge is -2.07. The Labute approximate surface area is 87.7 Å². The fourth-order valence-corrected chi connectivity index (χ4v) is 1.72. The number of hydrogen-bond acceptors (Lipinski definition) is 0. The molecule has 0 aliphatic carbocycles. The minimum Gasteiger partial charge on any atom is -0.0838 e. The van der Waals surface area contributed by atoms with Crippen molar-refractivity contribution in [1.29, 1.82) is 0 Å². The minimum atomic E-state index is 1.12. The van der Waals surface area contributed by atoms with Crippen LogP contribution in [-0.4, -0.2) is 0 Å². The maximum atomic E-state index is 2.31. The average Bonchev–Trinajstić information content (AvgIpc) is 2.26. The van der Waals surface area contributed by atoms with Gasteiger partial charge in [-0.1, -0.05) is 50.6 Å². The molecule has 0 aliphatic heterocycles. The second kappa shape index (κ2) is 5.64. The molecule has 0 aromatic heterocycles. The molecule has 0 nitrogen and oxygen atoms in total. The highest BCUT2D eigenvalue weighted by atomic mass is 14.0. The van der Waals surface area contributed by atoms with E-state index < -0.39 is 0 Å². The van der Waals surface area contributed by atoms with Gasteiger partial charge in [-0.3, -0.25) is 0 Å². The second-order valence-electron chi connectivity index (χ2n) is 3.62. The van der Waals surface area contributed by atoms with Crippen molar-refractivity contribution in [3.8, 4) is 0 Å². The third-order valence-corrected chi connectivity index (χ3v) is 2.57. The van der Waals surface area contributed by atoms with Gasteiger partial charge in [0.15, 0.2) is 0 Å². The van der Waals surface area contributed by atoms with Gasteiger partial charge in [0.25, 0.3) is 0 Å². The summed E-state index contributed by atoms with van der Waals surface area (Å²) in [4.78, 5) is 0. The molecule has 0 heterocycles. The van der Waals surface area contributed by atoms with Crippen molar-refractivity contribution in [2.45, 2.75) is 40.0 Å². The highest BCUT2D eigenvalue weighted by Gasteiger charge is 1.99. The topological polar surface area (TPSA) is 0 Å². The molecule has 14 heavy (non-hydrogen) atoms. The van der Waals surface area contributed by atoms with Gasteiger partial charge in [0, 0.05) is 0 Å². The first kappa shape index (κ1) is 11.0. The molecule has 0 spiro atoms. The van der Waals surface area contributed by atoms with Gasteiger partial charge < -0.3 is 0 Å². The summed E-state index contributed by atoms with van der Waals surface area (Å²) in [6.45, 7) is 6.56. The molecule has 0 aliphatic rings.